The van der Waals surface area contributed by atoms with E-state index in [1.165, 1.54) is 5.56 Å². The molecule has 1 aromatic carbocycles. The Morgan fingerprint density at radius 2 is 2.03 bits per heavy atom. The van der Waals surface area contributed by atoms with E-state index in [-0.39, 0.29) is 24.3 Å². The molecule has 5 nitrogen and oxygen atoms in total. The Morgan fingerprint density at radius 1 is 1.27 bits per heavy atom. The van der Waals surface area contributed by atoms with Gasteiger partial charge < -0.3 is 15.1 Å². The first-order valence-corrected chi connectivity index (χ1v) is 10.8. The SMILES string of the molecule is C[C@@H](CCCc1ccccc1)[C@H](O)C=CC1CCC(=O)N1CC#CCCCC(=O)O. The highest BCUT2D eigenvalue weighted by Gasteiger charge is 2.28. The van der Waals surface area contributed by atoms with Gasteiger partial charge in [-0.25, -0.2) is 0 Å². The van der Waals surface area contributed by atoms with Crippen LogP contribution in [0.2, 0.25) is 0 Å². The number of hydrogen-bond donors (Lipinski definition) is 2. The number of benzene rings is 1. The van der Waals surface area contributed by atoms with E-state index in [9.17, 15) is 14.7 Å². The molecule has 0 saturated carbocycles. The predicted molar refractivity (Wildman–Crippen MR) is 118 cm³/mol. The highest BCUT2D eigenvalue weighted by Crippen LogP contribution is 2.21. The summed E-state index contributed by atoms with van der Waals surface area (Å²) in [6.45, 7) is 2.41. The van der Waals surface area contributed by atoms with E-state index in [2.05, 4.69) is 30.9 Å². The largest absolute Gasteiger partial charge is 0.481 e. The van der Waals surface area contributed by atoms with E-state index in [0.29, 0.717) is 25.8 Å². The zero-order chi connectivity index (χ0) is 21.8. The summed E-state index contributed by atoms with van der Waals surface area (Å²) in [7, 11) is 0. The summed E-state index contributed by atoms with van der Waals surface area (Å²) in [5.41, 5.74) is 1.32. The van der Waals surface area contributed by atoms with Crippen LogP contribution >= 0.6 is 0 Å². The smallest absolute Gasteiger partial charge is 0.303 e. The average molecular weight is 412 g/mol. The Bertz CT molecular complexity index is 762. The molecule has 1 fully saturated rings. The molecule has 1 heterocycles. The molecule has 30 heavy (non-hydrogen) atoms. The van der Waals surface area contributed by atoms with E-state index in [1.807, 2.05) is 30.4 Å². The number of aryl methyl sites for hydroxylation is 1. The Labute approximate surface area is 179 Å². The molecule has 1 amide bonds. The first-order valence-electron chi connectivity index (χ1n) is 10.8. The molecule has 0 aromatic heterocycles. The van der Waals surface area contributed by atoms with Gasteiger partial charge in [-0.2, -0.15) is 0 Å². The third-order valence-corrected chi connectivity index (χ3v) is 5.52. The summed E-state index contributed by atoms with van der Waals surface area (Å²) >= 11 is 0. The standard InChI is InChI=1S/C25H33NO4/c1-20(10-9-13-21-11-5-4-6-12-21)23(27)17-15-22-16-18-24(28)26(22)19-8-3-2-7-14-25(29)30/h4-6,11-12,15,17,20,22-23,27H,2,7,9-10,13-14,16,18-19H2,1H3,(H,29,30)/t20-,22?,23+/m0/s1. The van der Waals surface area contributed by atoms with Crippen LogP contribution in [0.3, 0.4) is 0 Å². The highest BCUT2D eigenvalue weighted by atomic mass is 16.4. The van der Waals surface area contributed by atoms with Crippen LogP contribution in [0.5, 0.6) is 0 Å². The van der Waals surface area contributed by atoms with Crippen molar-refractivity contribution in [2.75, 3.05) is 6.54 Å². The van der Waals surface area contributed by atoms with Crippen molar-refractivity contribution in [3.63, 3.8) is 0 Å². The van der Waals surface area contributed by atoms with Crippen LogP contribution in [0.15, 0.2) is 42.5 Å². The number of carboxylic acid groups (broad SMARTS) is 1. The number of carboxylic acids is 1. The molecular weight excluding hydrogens is 378 g/mol. The molecule has 1 aliphatic heterocycles. The number of carbonyl (C=O) groups is 2. The van der Waals surface area contributed by atoms with Crippen LogP contribution in [0.25, 0.3) is 0 Å². The van der Waals surface area contributed by atoms with Gasteiger partial charge in [-0.15, -0.1) is 5.92 Å². The second-order valence-corrected chi connectivity index (χ2v) is 7.96. The van der Waals surface area contributed by atoms with Crippen molar-refractivity contribution in [2.24, 2.45) is 5.92 Å². The van der Waals surface area contributed by atoms with Crippen LogP contribution in [0.1, 0.15) is 57.4 Å². The van der Waals surface area contributed by atoms with Crippen molar-refractivity contribution < 1.29 is 19.8 Å². The van der Waals surface area contributed by atoms with Crippen molar-refractivity contribution in [3.8, 4) is 11.8 Å². The normalized spacial score (nSPS) is 18.3. The van der Waals surface area contributed by atoms with Crippen LogP contribution in [0, 0.1) is 17.8 Å². The lowest BCUT2D eigenvalue weighted by molar-refractivity contribution is -0.137. The molecule has 1 aromatic rings. The number of carbonyl (C=O) groups excluding carboxylic acids is 1. The number of aliphatic hydroxyl groups is 1. The molecule has 1 unspecified atom stereocenters. The minimum absolute atomic E-state index is 0.0306. The van der Waals surface area contributed by atoms with Gasteiger partial charge in [0.15, 0.2) is 0 Å². The van der Waals surface area contributed by atoms with Crippen LogP contribution in [-0.4, -0.2) is 45.7 Å². The minimum Gasteiger partial charge on any atom is -0.481 e. The fraction of sp³-hybridized carbons (Fsp3) is 0.520. The number of likely N-dealkylation sites (tertiary alicyclic amines) is 1. The van der Waals surface area contributed by atoms with Crippen molar-refractivity contribution >= 4 is 11.9 Å². The monoisotopic (exact) mass is 411 g/mol. The summed E-state index contributed by atoms with van der Waals surface area (Å²) in [5.74, 6) is 5.35. The Balaban J connectivity index is 1.75. The van der Waals surface area contributed by atoms with Gasteiger partial charge in [0.2, 0.25) is 5.91 Å². The number of nitrogens with zero attached hydrogens (tertiary/aromatic N) is 1. The van der Waals surface area contributed by atoms with Gasteiger partial charge in [0.25, 0.3) is 0 Å². The van der Waals surface area contributed by atoms with E-state index in [0.717, 1.165) is 25.7 Å². The molecule has 0 radical (unpaired) electrons. The number of aliphatic hydroxyl groups excluding tert-OH is 1. The molecule has 2 rings (SSSR count). The fourth-order valence-corrected chi connectivity index (χ4v) is 3.59. The van der Waals surface area contributed by atoms with Crippen molar-refractivity contribution in [3.05, 3.63) is 48.0 Å². The molecule has 1 saturated heterocycles. The first kappa shape index (κ1) is 23.7. The number of rotatable bonds is 11. The molecule has 0 aliphatic carbocycles. The molecular formula is C25H33NO4. The fourth-order valence-electron chi connectivity index (χ4n) is 3.59. The summed E-state index contributed by atoms with van der Waals surface area (Å²) in [6.07, 6.45) is 8.62. The zero-order valence-electron chi connectivity index (χ0n) is 17.8. The summed E-state index contributed by atoms with van der Waals surface area (Å²) in [5, 5.41) is 19.1. The summed E-state index contributed by atoms with van der Waals surface area (Å²) in [6, 6.07) is 10.3. The lowest BCUT2D eigenvalue weighted by Crippen LogP contribution is -2.32. The topological polar surface area (TPSA) is 77.8 Å². The maximum Gasteiger partial charge on any atom is 0.303 e. The minimum atomic E-state index is -0.815. The highest BCUT2D eigenvalue weighted by molar-refractivity contribution is 5.79. The number of aliphatic carboxylic acids is 1. The van der Waals surface area contributed by atoms with Gasteiger partial charge in [0.1, 0.15) is 0 Å². The summed E-state index contributed by atoms with van der Waals surface area (Å²) < 4.78 is 0. The molecule has 162 valence electrons. The van der Waals surface area contributed by atoms with E-state index >= 15 is 0 Å². The number of hydrogen-bond acceptors (Lipinski definition) is 3. The van der Waals surface area contributed by atoms with Gasteiger partial charge in [-0.3, -0.25) is 9.59 Å². The molecule has 0 spiro atoms. The van der Waals surface area contributed by atoms with Crippen LogP contribution in [-0.2, 0) is 16.0 Å². The molecule has 3 atom stereocenters. The van der Waals surface area contributed by atoms with Crippen LogP contribution < -0.4 is 0 Å². The molecule has 1 aliphatic rings. The first-order chi connectivity index (χ1) is 14.5. The van der Waals surface area contributed by atoms with Gasteiger partial charge in [-0.05, 0) is 43.6 Å². The summed E-state index contributed by atoms with van der Waals surface area (Å²) in [4.78, 5) is 24.4. The Kier molecular flexibility index (Phi) is 10.2. The maximum atomic E-state index is 12.1. The van der Waals surface area contributed by atoms with Crippen molar-refractivity contribution in [1.82, 2.24) is 4.90 Å². The number of amides is 1. The van der Waals surface area contributed by atoms with Crippen molar-refractivity contribution in [1.29, 1.82) is 0 Å². The maximum absolute atomic E-state index is 12.1. The van der Waals surface area contributed by atoms with Crippen LogP contribution in [0.4, 0.5) is 0 Å². The lowest BCUT2D eigenvalue weighted by Gasteiger charge is -2.21. The zero-order valence-corrected chi connectivity index (χ0v) is 17.8. The third kappa shape index (κ3) is 8.42. The quantitative estimate of drug-likeness (QED) is 0.330. The van der Waals surface area contributed by atoms with Gasteiger partial charge in [-0.1, -0.05) is 55.3 Å². The lowest BCUT2D eigenvalue weighted by atomic mass is 9.95. The Morgan fingerprint density at radius 3 is 2.77 bits per heavy atom. The molecule has 5 heteroatoms. The molecule has 0 bridgehead atoms. The predicted octanol–water partition coefficient (Wildman–Crippen LogP) is 3.81. The second kappa shape index (κ2) is 12.9. The van der Waals surface area contributed by atoms with Gasteiger partial charge in [0, 0.05) is 19.3 Å². The van der Waals surface area contributed by atoms with Gasteiger partial charge >= 0.3 is 5.97 Å². The second-order valence-electron chi connectivity index (χ2n) is 7.96. The molecule has 2 N–H and O–H groups in total. The van der Waals surface area contributed by atoms with Crippen molar-refractivity contribution in [2.45, 2.75) is 70.4 Å². The average Bonchev–Trinajstić information content (AvgIpc) is 3.08. The third-order valence-electron chi connectivity index (χ3n) is 5.52. The Hall–Kier alpha value is -2.58. The number of unbranched alkanes of at least 4 members (excludes halogenated alkanes) is 1. The van der Waals surface area contributed by atoms with Gasteiger partial charge in [0.05, 0.1) is 18.7 Å². The van der Waals surface area contributed by atoms with E-state index in [1.54, 1.807) is 4.90 Å². The van der Waals surface area contributed by atoms with E-state index in [4.69, 9.17) is 5.11 Å². The van der Waals surface area contributed by atoms with E-state index < -0.39 is 12.1 Å².